The molecule has 3 N–H and O–H groups in total. The van der Waals surface area contributed by atoms with E-state index in [2.05, 4.69) is 0 Å². The summed E-state index contributed by atoms with van der Waals surface area (Å²) in [7, 11) is 0. The lowest BCUT2D eigenvalue weighted by Gasteiger charge is -2.04. The molecule has 1 aromatic rings. The Bertz CT molecular complexity index is 405. The Morgan fingerprint density at radius 3 is 2.73 bits per heavy atom. The molecule has 15 heavy (non-hydrogen) atoms. The lowest BCUT2D eigenvalue weighted by Crippen LogP contribution is -2.20. The second-order valence-electron chi connectivity index (χ2n) is 2.79. The molecular weight excluding hydrogens is 205 g/mol. The van der Waals surface area contributed by atoms with E-state index in [4.69, 9.17) is 10.2 Å². The highest BCUT2D eigenvalue weighted by atomic mass is 19.1. The highest BCUT2D eigenvalue weighted by molar-refractivity contribution is 5.79. The quantitative estimate of drug-likeness (QED) is 0.656. The molecule has 0 aromatic heterocycles. The van der Waals surface area contributed by atoms with Gasteiger partial charge in [-0.3, -0.25) is 4.79 Å². The molecule has 0 bridgehead atoms. The van der Waals surface area contributed by atoms with Crippen molar-refractivity contribution in [1.29, 1.82) is 0 Å². The van der Waals surface area contributed by atoms with E-state index in [0.717, 1.165) is 6.07 Å². The van der Waals surface area contributed by atoms with Crippen LogP contribution < -0.4 is 5.32 Å². The average Bonchev–Trinajstić information content (AvgIpc) is 2.19. The number of rotatable bonds is 3. The number of nitrogens with one attached hydrogen (secondary N) is 1. The Morgan fingerprint density at radius 2 is 2.20 bits per heavy atom. The maximum atomic E-state index is 13.0. The normalized spacial score (nSPS) is 9.67. The van der Waals surface area contributed by atoms with Crippen molar-refractivity contribution in [3.05, 3.63) is 29.1 Å². The minimum absolute atomic E-state index is 0.132. The molecular formula is C9H8FNO4. The second kappa shape index (κ2) is 4.41. The third-order valence-electron chi connectivity index (χ3n) is 1.72. The van der Waals surface area contributed by atoms with Gasteiger partial charge in [-0.25, -0.2) is 9.18 Å². The number of amides is 1. The highest BCUT2D eigenvalue weighted by Gasteiger charge is 2.09. The molecule has 0 spiro atoms. The van der Waals surface area contributed by atoms with Gasteiger partial charge in [0.05, 0.1) is 5.56 Å². The number of phenols is 1. The van der Waals surface area contributed by atoms with Crippen molar-refractivity contribution < 1.29 is 24.2 Å². The summed E-state index contributed by atoms with van der Waals surface area (Å²) in [6, 6.07) is 2.17. The van der Waals surface area contributed by atoms with E-state index in [1.807, 2.05) is 5.32 Å². The minimum atomic E-state index is -1.25. The Kier molecular flexibility index (Phi) is 3.22. The van der Waals surface area contributed by atoms with E-state index >= 15 is 0 Å². The smallest absolute Gasteiger partial charge is 0.404 e. The summed E-state index contributed by atoms with van der Waals surface area (Å²) in [4.78, 5) is 20.6. The number of carbonyl (C=O) groups is 2. The first-order chi connectivity index (χ1) is 7.04. The van der Waals surface area contributed by atoms with Crippen molar-refractivity contribution in [3.63, 3.8) is 0 Å². The molecule has 1 amide bonds. The first kappa shape index (κ1) is 11.0. The van der Waals surface area contributed by atoms with E-state index in [1.165, 1.54) is 6.07 Å². The van der Waals surface area contributed by atoms with Crippen LogP contribution in [0, 0.1) is 5.82 Å². The number of halogens is 1. The van der Waals surface area contributed by atoms with Crippen LogP contribution in [-0.4, -0.2) is 22.6 Å². The largest absolute Gasteiger partial charge is 0.504 e. The van der Waals surface area contributed by atoms with Gasteiger partial charge in [0.15, 0.2) is 17.9 Å². The maximum absolute atomic E-state index is 13.0. The molecule has 1 aromatic carbocycles. The third-order valence-corrected chi connectivity index (χ3v) is 1.72. The number of hydrogen-bond acceptors (Lipinski definition) is 3. The predicted octanol–water partition coefficient (Wildman–Crippen LogP) is 1.11. The van der Waals surface area contributed by atoms with Crippen LogP contribution in [0.3, 0.4) is 0 Å². The third kappa shape index (κ3) is 2.67. The maximum Gasteiger partial charge on any atom is 0.404 e. The molecule has 0 atom stereocenters. The molecule has 0 aliphatic rings. The number of aldehydes is 1. The molecule has 0 heterocycles. The summed E-state index contributed by atoms with van der Waals surface area (Å²) in [6.07, 6.45) is -0.959. The van der Waals surface area contributed by atoms with E-state index < -0.39 is 17.7 Å². The van der Waals surface area contributed by atoms with Crippen LogP contribution in [0.2, 0.25) is 0 Å². The zero-order valence-electron chi connectivity index (χ0n) is 7.53. The fraction of sp³-hybridized carbons (Fsp3) is 0.111. The first-order valence-corrected chi connectivity index (χ1v) is 3.98. The van der Waals surface area contributed by atoms with Gasteiger partial charge in [0.25, 0.3) is 0 Å². The van der Waals surface area contributed by atoms with Crippen LogP contribution in [0.15, 0.2) is 12.1 Å². The number of benzene rings is 1. The van der Waals surface area contributed by atoms with Crippen LogP contribution in [0.25, 0.3) is 0 Å². The zero-order valence-corrected chi connectivity index (χ0v) is 7.53. The molecule has 0 aliphatic carbocycles. The monoisotopic (exact) mass is 213 g/mol. The summed E-state index contributed by atoms with van der Waals surface area (Å²) in [6.45, 7) is -0.132. The van der Waals surface area contributed by atoms with Crippen LogP contribution in [0.4, 0.5) is 9.18 Å². The van der Waals surface area contributed by atoms with Crippen molar-refractivity contribution in [2.75, 3.05) is 0 Å². The van der Waals surface area contributed by atoms with Crippen molar-refractivity contribution in [1.82, 2.24) is 5.32 Å². The summed E-state index contributed by atoms with van der Waals surface area (Å²) < 4.78 is 13.0. The molecule has 0 saturated carbocycles. The fourth-order valence-corrected chi connectivity index (χ4v) is 1.05. The van der Waals surface area contributed by atoms with E-state index in [9.17, 15) is 14.0 Å². The van der Waals surface area contributed by atoms with Crippen LogP contribution >= 0.6 is 0 Å². The first-order valence-electron chi connectivity index (χ1n) is 3.98. The van der Waals surface area contributed by atoms with Crippen LogP contribution in [0.5, 0.6) is 5.75 Å². The highest BCUT2D eigenvalue weighted by Crippen LogP contribution is 2.21. The van der Waals surface area contributed by atoms with Gasteiger partial charge < -0.3 is 15.5 Å². The Balaban J connectivity index is 2.95. The van der Waals surface area contributed by atoms with E-state index in [0.29, 0.717) is 6.29 Å². The van der Waals surface area contributed by atoms with E-state index in [1.54, 1.807) is 0 Å². The van der Waals surface area contributed by atoms with Gasteiger partial charge in [0.2, 0.25) is 0 Å². The molecule has 0 fully saturated rings. The molecule has 0 aliphatic heterocycles. The van der Waals surface area contributed by atoms with Gasteiger partial charge in [0, 0.05) is 6.54 Å². The van der Waals surface area contributed by atoms with Crippen molar-refractivity contribution in [2.45, 2.75) is 6.54 Å². The topological polar surface area (TPSA) is 86.6 Å². The number of carboxylic acid groups (broad SMARTS) is 1. The standard InChI is InChI=1S/C9H8FNO4/c10-7-2-5(3-11-9(14)15)1-6(4-12)8(7)13/h1-2,4,11,13H,3H2,(H,14,15). The Morgan fingerprint density at radius 1 is 1.53 bits per heavy atom. The Hall–Kier alpha value is -2.11. The van der Waals surface area contributed by atoms with Gasteiger partial charge in [-0.15, -0.1) is 0 Å². The molecule has 0 radical (unpaired) electrons. The molecule has 6 heteroatoms. The fourth-order valence-electron chi connectivity index (χ4n) is 1.05. The molecule has 0 unspecified atom stereocenters. The molecule has 1 rings (SSSR count). The van der Waals surface area contributed by atoms with Crippen LogP contribution in [-0.2, 0) is 6.54 Å². The van der Waals surface area contributed by atoms with Crippen LogP contribution in [0.1, 0.15) is 15.9 Å². The van der Waals surface area contributed by atoms with Gasteiger partial charge in [-0.2, -0.15) is 0 Å². The zero-order chi connectivity index (χ0) is 11.4. The van der Waals surface area contributed by atoms with Crippen molar-refractivity contribution in [3.8, 4) is 5.75 Å². The lowest BCUT2D eigenvalue weighted by atomic mass is 10.1. The predicted molar refractivity (Wildman–Crippen MR) is 48.3 cm³/mol. The lowest BCUT2D eigenvalue weighted by molar-refractivity contribution is 0.112. The van der Waals surface area contributed by atoms with E-state index in [-0.39, 0.29) is 17.7 Å². The molecule has 80 valence electrons. The number of aromatic hydroxyl groups is 1. The summed E-state index contributed by atoms with van der Waals surface area (Å²) in [5, 5.41) is 19.4. The Labute approximate surface area is 84.2 Å². The number of phenolic OH excluding ortho intramolecular Hbond substituents is 1. The van der Waals surface area contributed by atoms with Gasteiger partial charge >= 0.3 is 6.09 Å². The number of carbonyl (C=O) groups excluding carboxylic acids is 1. The van der Waals surface area contributed by atoms with Gasteiger partial charge in [0.1, 0.15) is 0 Å². The summed E-state index contributed by atoms with van der Waals surface area (Å²) in [5.41, 5.74) is 0.0481. The summed E-state index contributed by atoms with van der Waals surface area (Å²) in [5.74, 6) is -1.69. The molecule has 5 nitrogen and oxygen atoms in total. The van der Waals surface area contributed by atoms with Gasteiger partial charge in [-0.1, -0.05) is 0 Å². The average molecular weight is 213 g/mol. The van der Waals surface area contributed by atoms with Gasteiger partial charge in [-0.05, 0) is 17.7 Å². The SMILES string of the molecule is O=Cc1cc(CNC(=O)O)cc(F)c1O. The summed E-state index contributed by atoms with van der Waals surface area (Å²) >= 11 is 0. The van der Waals surface area contributed by atoms with Crippen molar-refractivity contribution >= 4 is 12.4 Å². The minimum Gasteiger partial charge on any atom is -0.504 e. The molecule has 0 saturated heterocycles. The second-order valence-corrected chi connectivity index (χ2v) is 2.79. The number of hydrogen-bond donors (Lipinski definition) is 3. The van der Waals surface area contributed by atoms with Crippen molar-refractivity contribution in [2.24, 2.45) is 0 Å².